The molecule has 206 valence electrons. The van der Waals surface area contributed by atoms with Crippen LogP contribution in [0.3, 0.4) is 0 Å². The van der Waals surface area contributed by atoms with Gasteiger partial charge in [0.15, 0.2) is 5.96 Å². The minimum absolute atomic E-state index is 0.167. The summed E-state index contributed by atoms with van der Waals surface area (Å²) in [6.45, 7) is 7.29. The highest BCUT2D eigenvalue weighted by atomic mass is 35.5. The van der Waals surface area contributed by atoms with Gasteiger partial charge >= 0.3 is 0 Å². The quantitative estimate of drug-likeness (QED) is 0.258. The van der Waals surface area contributed by atoms with Crippen LogP contribution in [0.25, 0.3) is 0 Å². The van der Waals surface area contributed by atoms with Gasteiger partial charge in [0.05, 0.1) is 6.04 Å². The Kier molecular flexibility index (Phi) is 10.3. The van der Waals surface area contributed by atoms with Crippen molar-refractivity contribution in [1.29, 1.82) is 0 Å². The Bertz CT molecular complexity index is 1100. The highest BCUT2D eigenvalue weighted by Crippen LogP contribution is 2.35. The highest BCUT2D eigenvalue weighted by molar-refractivity contribution is 6.35. The first-order valence-electron chi connectivity index (χ1n) is 14.0. The smallest absolute Gasteiger partial charge is 0.218 e. The summed E-state index contributed by atoms with van der Waals surface area (Å²) in [7, 11) is 0. The second-order valence-corrected chi connectivity index (χ2v) is 11.6. The molecule has 8 heteroatoms. The van der Waals surface area contributed by atoms with E-state index < -0.39 is 0 Å². The predicted octanol–water partition coefficient (Wildman–Crippen LogP) is 6.42. The van der Waals surface area contributed by atoms with E-state index in [0.29, 0.717) is 28.0 Å². The average Bonchev–Trinajstić information content (AvgIpc) is 2.89. The SMILES string of the molecule is CCCC1CCCCC1/N=C(\Nc1ccc(C(CC(N)=O)c2ccc(Cl)cc2Cl)cc1)N1CCN[C@@H](C)C1. The maximum absolute atomic E-state index is 11.9. The lowest BCUT2D eigenvalue weighted by Gasteiger charge is -2.36. The number of hydrogen-bond donors (Lipinski definition) is 3. The zero-order chi connectivity index (χ0) is 27.1. The Morgan fingerprint density at radius 3 is 2.63 bits per heavy atom. The molecule has 0 aromatic heterocycles. The number of nitrogens with zero attached hydrogens (tertiary/aromatic N) is 2. The molecule has 2 aromatic carbocycles. The molecule has 2 fully saturated rings. The van der Waals surface area contributed by atoms with Crippen LogP contribution in [-0.2, 0) is 4.79 Å². The van der Waals surface area contributed by atoms with Crippen LogP contribution in [0.4, 0.5) is 5.69 Å². The fraction of sp³-hybridized carbons (Fsp3) is 0.533. The number of halogens is 2. The van der Waals surface area contributed by atoms with E-state index in [1.165, 1.54) is 32.1 Å². The first kappa shape index (κ1) is 28.7. The fourth-order valence-electron chi connectivity index (χ4n) is 5.86. The number of hydrogen-bond acceptors (Lipinski definition) is 3. The topological polar surface area (TPSA) is 82.7 Å². The van der Waals surface area contributed by atoms with Crippen molar-refractivity contribution in [3.8, 4) is 0 Å². The average molecular weight is 559 g/mol. The molecule has 0 bridgehead atoms. The van der Waals surface area contributed by atoms with E-state index in [-0.39, 0.29) is 18.2 Å². The maximum atomic E-state index is 11.9. The van der Waals surface area contributed by atoms with Crippen LogP contribution < -0.4 is 16.4 Å². The first-order valence-corrected chi connectivity index (χ1v) is 14.8. The molecule has 1 aliphatic heterocycles. The number of guanidine groups is 1. The van der Waals surface area contributed by atoms with Crippen LogP contribution in [0.5, 0.6) is 0 Å². The third-order valence-electron chi connectivity index (χ3n) is 7.80. The van der Waals surface area contributed by atoms with Gasteiger partial charge in [-0.1, -0.05) is 67.6 Å². The molecular formula is C30H41Cl2N5O. The lowest BCUT2D eigenvalue weighted by atomic mass is 9.82. The Balaban J connectivity index is 1.59. The number of carbonyl (C=O) groups is 1. The second-order valence-electron chi connectivity index (χ2n) is 10.8. The van der Waals surface area contributed by atoms with E-state index in [1.54, 1.807) is 12.1 Å². The number of aliphatic imine (C=N–C) groups is 1. The first-order chi connectivity index (χ1) is 18.3. The summed E-state index contributed by atoms with van der Waals surface area (Å²) in [5.41, 5.74) is 8.40. The van der Waals surface area contributed by atoms with Crippen LogP contribution in [0.2, 0.25) is 10.0 Å². The third-order valence-corrected chi connectivity index (χ3v) is 8.36. The van der Waals surface area contributed by atoms with E-state index in [0.717, 1.165) is 48.8 Å². The lowest BCUT2D eigenvalue weighted by molar-refractivity contribution is -0.118. The van der Waals surface area contributed by atoms with Gasteiger partial charge in [-0.3, -0.25) is 4.79 Å². The molecule has 1 saturated heterocycles. The summed E-state index contributed by atoms with van der Waals surface area (Å²) in [4.78, 5) is 19.7. The van der Waals surface area contributed by atoms with Crippen LogP contribution in [0, 0.1) is 5.92 Å². The van der Waals surface area contributed by atoms with Crippen molar-refractivity contribution in [1.82, 2.24) is 10.2 Å². The molecule has 0 radical (unpaired) electrons. The molecule has 1 aliphatic carbocycles. The molecule has 6 nitrogen and oxygen atoms in total. The Labute approximate surface area is 237 Å². The minimum atomic E-state index is -0.375. The number of nitrogens with one attached hydrogen (secondary N) is 2. The van der Waals surface area contributed by atoms with Crippen LogP contribution in [-0.4, -0.2) is 48.5 Å². The van der Waals surface area contributed by atoms with Crippen LogP contribution in [0.1, 0.15) is 75.8 Å². The Morgan fingerprint density at radius 1 is 1.18 bits per heavy atom. The zero-order valence-electron chi connectivity index (χ0n) is 22.6. The highest BCUT2D eigenvalue weighted by Gasteiger charge is 2.27. The molecular weight excluding hydrogens is 517 g/mol. The maximum Gasteiger partial charge on any atom is 0.218 e. The number of benzene rings is 2. The van der Waals surface area contributed by atoms with Crippen molar-refractivity contribution in [3.63, 3.8) is 0 Å². The van der Waals surface area contributed by atoms with Gasteiger partial charge in [-0.05, 0) is 67.5 Å². The van der Waals surface area contributed by atoms with Gasteiger partial charge < -0.3 is 21.3 Å². The van der Waals surface area contributed by atoms with E-state index in [4.69, 9.17) is 33.9 Å². The molecule has 3 unspecified atom stereocenters. The zero-order valence-corrected chi connectivity index (χ0v) is 24.1. The van der Waals surface area contributed by atoms with Gasteiger partial charge in [0.2, 0.25) is 5.91 Å². The van der Waals surface area contributed by atoms with Crippen molar-refractivity contribution >= 4 is 40.8 Å². The third kappa shape index (κ3) is 7.64. The largest absolute Gasteiger partial charge is 0.370 e. The van der Waals surface area contributed by atoms with E-state index >= 15 is 0 Å². The molecule has 1 amide bonds. The van der Waals surface area contributed by atoms with Crippen molar-refractivity contribution in [2.45, 2.75) is 76.8 Å². The van der Waals surface area contributed by atoms with Crippen molar-refractivity contribution in [3.05, 3.63) is 63.6 Å². The van der Waals surface area contributed by atoms with Gasteiger partial charge in [0, 0.05) is 53.7 Å². The van der Waals surface area contributed by atoms with Crippen molar-refractivity contribution < 1.29 is 4.79 Å². The van der Waals surface area contributed by atoms with Gasteiger partial charge in [-0.25, -0.2) is 4.99 Å². The van der Waals surface area contributed by atoms with Gasteiger partial charge in [-0.15, -0.1) is 0 Å². The normalized spacial score (nSPS) is 23.2. The summed E-state index contributed by atoms with van der Waals surface area (Å²) in [5.74, 6) is 1.01. The summed E-state index contributed by atoms with van der Waals surface area (Å²) in [6.07, 6.45) is 7.61. The second kappa shape index (κ2) is 13.7. The molecule has 1 heterocycles. The number of anilines is 1. The van der Waals surface area contributed by atoms with Crippen molar-refractivity contribution in [2.75, 3.05) is 25.0 Å². The molecule has 4 atom stereocenters. The predicted molar refractivity (Wildman–Crippen MR) is 159 cm³/mol. The molecule has 2 aliphatic rings. The van der Waals surface area contributed by atoms with E-state index in [1.807, 2.05) is 18.2 Å². The fourth-order valence-corrected chi connectivity index (χ4v) is 6.40. The summed E-state index contributed by atoms with van der Waals surface area (Å²) < 4.78 is 0. The number of carbonyl (C=O) groups excluding carboxylic acids is 1. The Morgan fingerprint density at radius 2 is 1.95 bits per heavy atom. The molecule has 38 heavy (non-hydrogen) atoms. The number of amides is 1. The molecule has 4 rings (SSSR count). The summed E-state index contributed by atoms with van der Waals surface area (Å²) in [5, 5.41) is 8.29. The minimum Gasteiger partial charge on any atom is -0.370 e. The van der Waals surface area contributed by atoms with Gasteiger partial charge in [0.25, 0.3) is 0 Å². The molecule has 2 aromatic rings. The standard InChI is InChI=1S/C30H41Cl2N5O/c1-3-6-22-7-4-5-8-28(22)36-30(37-16-15-34-20(2)19-37)35-24-12-9-21(10-13-24)26(18-29(33)38)25-14-11-23(31)17-27(25)32/h9-14,17,20,22,26,28,34H,3-8,15-16,18-19H2,1-2H3,(H2,33,38)(H,35,36)/t20-,22?,26?,28?/m0/s1. The molecule has 4 N–H and O–H groups in total. The number of rotatable bonds is 8. The molecule has 1 saturated carbocycles. The summed E-state index contributed by atoms with van der Waals surface area (Å²) in [6, 6.07) is 14.3. The lowest BCUT2D eigenvalue weighted by Crippen LogP contribution is -2.53. The number of primary amides is 1. The summed E-state index contributed by atoms with van der Waals surface area (Å²) >= 11 is 12.6. The van der Waals surface area contributed by atoms with Crippen LogP contribution >= 0.6 is 23.2 Å². The van der Waals surface area contributed by atoms with Gasteiger partial charge in [-0.2, -0.15) is 0 Å². The van der Waals surface area contributed by atoms with E-state index in [2.05, 4.69) is 41.5 Å². The number of nitrogens with two attached hydrogens (primary N) is 1. The van der Waals surface area contributed by atoms with Crippen LogP contribution in [0.15, 0.2) is 47.5 Å². The van der Waals surface area contributed by atoms with Gasteiger partial charge in [0.1, 0.15) is 0 Å². The van der Waals surface area contributed by atoms with E-state index in [9.17, 15) is 4.79 Å². The molecule has 0 spiro atoms. The monoisotopic (exact) mass is 557 g/mol. The number of piperazine rings is 1. The Hall–Kier alpha value is -2.28. The van der Waals surface area contributed by atoms with Crippen molar-refractivity contribution in [2.24, 2.45) is 16.6 Å².